The standard InChI is InChI=1S/C20H24N2O2/c1-22(2)12-14-3-8-19(18(9-14)13-23)16-6-4-15(5-7-16)17-10-20(24)21-11-17/h3-9,17,23H,10-13H2,1-2H3,(H,21,24). The van der Waals surface area contributed by atoms with E-state index in [1.54, 1.807) is 0 Å². The summed E-state index contributed by atoms with van der Waals surface area (Å²) in [6.45, 7) is 1.60. The van der Waals surface area contributed by atoms with Gasteiger partial charge in [-0.1, -0.05) is 42.5 Å². The van der Waals surface area contributed by atoms with Crippen LogP contribution in [0, 0.1) is 0 Å². The van der Waals surface area contributed by atoms with Crippen molar-refractivity contribution >= 4 is 5.91 Å². The minimum absolute atomic E-state index is 0.0272. The molecule has 3 rings (SSSR count). The van der Waals surface area contributed by atoms with Gasteiger partial charge in [0.15, 0.2) is 0 Å². The van der Waals surface area contributed by atoms with Gasteiger partial charge in [0, 0.05) is 25.4 Å². The Morgan fingerprint density at radius 1 is 1.17 bits per heavy atom. The fourth-order valence-electron chi connectivity index (χ4n) is 3.30. The summed E-state index contributed by atoms with van der Waals surface area (Å²) in [5, 5.41) is 12.6. The number of carbonyl (C=O) groups is 1. The molecular weight excluding hydrogens is 300 g/mol. The van der Waals surface area contributed by atoms with E-state index >= 15 is 0 Å². The number of hydrogen-bond donors (Lipinski definition) is 2. The van der Waals surface area contributed by atoms with E-state index in [0.717, 1.165) is 29.8 Å². The van der Waals surface area contributed by atoms with E-state index in [4.69, 9.17) is 0 Å². The van der Waals surface area contributed by atoms with Gasteiger partial charge in [0.1, 0.15) is 0 Å². The Kier molecular flexibility index (Phi) is 4.97. The summed E-state index contributed by atoms with van der Waals surface area (Å²) in [4.78, 5) is 13.5. The molecule has 0 radical (unpaired) electrons. The smallest absolute Gasteiger partial charge is 0.220 e. The molecule has 4 nitrogen and oxygen atoms in total. The maximum Gasteiger partial charge on any atom is 0.220 e. The maximum atomic E-state index is 11.4. The molecule has 1 fully saturated rings. The Morgan fingerprint density at radius 2 is 1.92 bits per heavy atom. The van der Waals surface area contributed by atoms with Crippen LogP contribution in [0.4, 0.5) is 0 Å². The van der Waals surface area contributed by atoms with E-state index in [-0.39, 0.29) is 18.4 Å². The molecule has 1 heterocycles. The molecule has 1 atom stereocenters. The molecule has 126 valence electrons. The van der Waals surface area contributed by atoms with Crippen molar-refractivity contribution in [1.82, 2.24) is 10.2 Å². The number of amides is 1. The van der Waals surface area contributed by atoms with Crippen LogP contribution in [0.3, 0.4) is 0 Å². The highest BCUT2D eigenvalue weighted by Crippen LogP contribution is 2.29. The van der Waals surface area contributed by atoms with Crippen molar-refractivity contribution in [3.8, 4) is 11.1 Å². The van der Waals surface area contributed by atoms with E-state index in [1.807, 2.05) is 14.1 Å². The first-order valence-corrected chi connectivity index (χ1v) is 8.31. The zero-order valence-corrected chi connectivity index (χ0v) is 14.2. The molecule has 24 heavy (non-hydrogen) atoms. The van der Waals surface area contributed by atoms with Crippen LogP contribution in [0.1, 0.15) is 29.0 Å². The fourth-order valence-corrected chi connectivity index (χ4v) is 3.30. The van der Waals surface area contributed by atoms with Gasteiger partial charge < -0.3 is 15.3 Å². The first-order chi connectivity index (χ1) is 11.6. The molecule has 0 bridgehead atoms. The molecule has 1 saturated heterocycles. The topological polar surface area (TPSA) is 52.6 Å². The van der Waals surface area contributed by atoms with Crippen LogP contribution in [0.25, 0.3) is 11.1 Å². The lowest BCUT2D eigenvalue weighted by Crippen LogP contribution is -2.13. The highest BCUT2D eigenvalue weighted by Gasteiger charge is 2.22. The second-order valence-corrected chi connectivity index (χ2v) is 6.71. The van der Waals surface area contributed by atoms with Crippen molar-refractivity contribution in [2.45, 2.75) is 25.5 Å². The largest absolute Gasteiger partial charge is 0.392 e. The lowest BCUT2D eigenvalue weighted by atomic mass is 9.93. The molecule has 1 unspecified atom stereocenters. The molecule has 1 aliphatic rings. The van der Waals surface area contributed by atoms with Crippen LogP contribution in [-0.4, -0.2) is 36.6 Å². The molecule has 0 saturated carbocycles. The van der Waals surface area contributed by atoms with Gasteiger partial charge in [-0.2, -0.15) is 0 Å². The Morgan fingerprint density at radius 3 is 2.50 bits per heavy atom. The maximum absolute atomic E-state index is 11.4. The monoisotopic (exact) mass is 324 g/mol. The summed E-state index contributed by atoms with van der Waals surface area (Å²) >= 11 is 0. The summed E-state index contributed by atoms with van der Waals surface area (Å²) < 4.78 is 0. The van der Waals surface area contributed by atoms with Gasteiger partial charge in [0.05, 0.1) is 6.61 Å². The zero-order chi connectivity index (χ0) is 17.1. The highest BCUT2D eigenvalue weighted by molar-refractivity contribution is 5.79. The minimum atomic E-state index is 0.0272. The number of nitrogens with one attached hydrogen (secondary N) is 1. The van der Waals surface area contributed by atoms with Crippen molar-refractivity contribution in [2.75, 3.05) is 20.6 Å². The first-order valence-electron chi connectivity index (χ1n) is 8.31. The first kappa shape index (κ1) is 16.7. The van der Waals surface area contributed by atoms with E-state index in [0.29, 0.717) is 6.42 Å². The number of benzene rings is 2. The quantitative estimate of drug-likeness (QED) is 0.888. The molecule has 2 aromatic carbocycles. The average Bonchev–Trinajstić information content (AvgIpc) is 3.01. The van der Waals surface area contributed by atoms with E-state index in [9.17, 15) is 9.90 Å². The molecule has 1 amide bonds. The third kappa shape index (κ3) is 3.66. The van der Waals surface area contributed by atoms with Crippen LogP contribution >= 0.6 is 0 Å². The van der Waals surface area contributed by atoms with Gasteiger partial charge in [0.2, 0.25) is 5.91 Å². The molecular formula is C20H24N2O2. The van der Waals surface area contributed by atoms with Gasteiger partial charge >= 0.3 is 0 Å². The summed E-state index contributed by atoms with van der Waals surface area (Å²) in [6, 6.07) is 14.6. The van der Waals surface area contributed by atoms with E-state index < -0.39 is 0 Å². The van der Waals surface area contributed by atoms with Crippen LogP contribution in [0.15, 0.2) is 42.5 Å². The van der Waals surface area contributed by atoms with E-state index in [1.165, 1.54) is 11.1 Å². The summed E-state index contributed by atoms with van der Waals surface area (Å²) in [6.07, 6.45) is 0.570. The van der Waals surface area contributed by atoms with Gasteiger partial charge in [-0.05, 0) is 41.9 Å². The van der Waals surface area contributed by atoms with Crippen molar-refractivity contribution in [3.63, 3.8) is 0 Å². The average molecular weight is 324 g/mol. The van der Waals surface area contributed by atoms with Crippen molar-refractivity contribution in [2.24, 2.45) is 0 Å². The summed E-state index contributed by atoms with van der Waals surface area (Å²) in [5.74, 6) is 0.398. The molecule has 4 heteroatoms. The van der Waals surface area contributed by atoms with Crippen molar-refractivity contribution in [3.05, 3.63) is 59.2 Å². The van der Waals surface area contributed by atoms with Gasteiger partial charge in [0.25, 0.3) is 0 Å². The molecule has 0 aromatic heterocycles. The van der Waals surface area contributed by atoms with Crippen LogP contribution in [0.5, 0.6) is 0 Å². The predicted molar refractivity (Wildman–Crippen MR) is 95.6 cm³/mol. The number of hydrogen-bond acceptors (Lipinski definition) is 3. The number of aliphatic hydroxyl groups excluding tert-OH is 1. The highest BCUT2D eigenvalue weighted by atomic mass is 16.3. The zero-order valence-electron chi connectivity index (χ0n) is 14.2. The molecule has 0 spiro atoms. The van der Waals surface area contributed by atoms with Crippen molar-refractivity contribution < 1.29 is 9.90 Å². The van der Waals surface area contributed by atoms with Crippen molar-refractivity contribution in [1.29, 1.82) is 0 Å². The fraction of sp³-hybridized carbons (Fsp3) is 0.350. The van der Waals surface area contributed by atoms with E-state index in [2.05, 4.69) is 52.7 Å². The molecule has 2 aromatic rings. The predicted octanol–water partition coefficient (Wildman–Crippen LogP) is 2.51. The van der Waals surface area contributed by atoms with Gasteiger partial charge in [-0.25, -0.2) is 0 Å². The Bertz CT molecular complexity index is 723. The summed E-state index contributed by atoms with van der Waals surface area (Å²) in [7, 11) is 4.07. The lowest BCUT2D eigenvalue weighted by Gasteiger charge is -2.14. The Labute approximate surface area is 143 Å². The Hall–Kier alpha value is -2.17. The third-order valence-corrected chi connectivity index (χ3v) is 4.51. The van der Waals surface area contributed by atoms with Gasteiger partial charge in [-0.15, -0.1) is 0 Å². The minimum Gasteiger partial charge on any atom is -0.392 e. The number of nitrogens with zero attached hydrogens (tertiary/aromatic N) is 1. The third-order valence-electron chi connectivity index (χ3n) is 4.51. The normalized spacial score (nSPS) is 17.3. The number of aliphatic hydroxyl groups is 1. The van der Waals surface area contributed by atoms with Crippen LogP contribution < -0.4 is 5.32 Å². The lowest BCUT2D eigenvalue weighted by molar-refractivity contribution is -0.119. The Balaban J connectivity index is 1.84. The number of carbonyl (C=O) groups excluding carboxylic acids is 1. The second-order valence-electron chi connectivity index (χ2n) is 6.71. The molecule has 0 aliphatic carbocycles. The summed E-state index contributed by atoms with van der Waals surface area (Å²) in [5.41, 5.74) is 5.48. The molecule has 2 N–H and O–H groups in total. The SMILES string of the molecule is CN(C)Cc1ccc(-c2ccc(C3CNC(=O)C3)cc2)c(CO)c1. The van der Waals surface area contributed by atoms with Crippen LogP contribution in [0.2, 0.25) is 0 Å². The molecule has 1 aliphatic heterocycles. The van der Waals surface area contributed by atoms with Crippen LogP contribution in [-0.2, 0) is 17.9 Å². The second kappa shape index (κ2) is 7.16. The number of rotatable bonds is 5. The van der Waals surface area contributed by atoms with Gasteiger partial charge in [-0.3, -0.25) is 4.79 Å².